The van der Waals surface area contributed by atoms with E-state index in [9.17, 15) is 4.79 Å². The van der Waals surface area contributed by atoms with Gasteiger partial charge in [0.2, 0.25) is 0 Å². The maximum absolute atomic E-state index is 9.88. The van der Waals surface area contributed by atoms with Crippen molar-refractivity contribution in [2.45, 2.75) is 12.8 Å². The number of aldehydes is 1. The monoisotopic (exact) mass is 318 g/mol. The Kier molecular flexibility index (Phi) is 7.64. The molecule has 2 aromatic carbocycles. The third-order valence-corrected chi connectivity index (χ3v) is 3.17. The van der Waals surface area contributed by atoms with Crippen LogP contribution >= 0.6 is 12.2 Å². The van der Waals surface area contributed by atoms with Crippen molar-refractivity contribution in [3.8, 4) is 17.2 Å². The molecular weight excluding hydrogens is 300 g/mol. The molecule has 116 valence electrons. The third kappa shape index (κ3) is 6.37. The van der Waals surface area contributed by atoms with Gasteiger partial charge in [-0.3, -0.25) is 4.79 Å². The topological polar surface area (TPSA) is 66.8 Å². The van der Waals surface area contributed by atoms with Gasteiger partial charge in [-0.2, -0.15) is 0 Å². The number of thiocarbonyl (C=S) groups is 1. The highest BCUT2D eigenvalue weighted by Crippen LogP contribution is 2.17. The molecule has 0 fully saturated rings. The third-order valence-electron chi connectivity index (χ3n) is 2.76. The quantitative estimate of drug-likeness (QED) is 0.653. The second-order valence-corrected chi connectivity index (χ2v) is 4.76. The SMILES string of the molecule is CC(C=S)c1ccc(O)cc1.O=CCOc1cccc(O)c1. The molecule has 4 nitrogen and oxygen atoms in total. The van der Waals surface area contributed by atoms with Crippen molar-refractivity contribution in [3.63, 3.8) is 0 Å². The van der Waals surface area contributed by atoms with Gasteiger partial charge in [-0.15, -0.1) is 0 Å². The smallest absolute Gasteiger partial charge is 0.157 e. The number of carbonyl (C=O) groups excluding carboxylic acids is 1. The number of hydrogen-bond acceptors (Lipinski definition) is 5. The fourth-order valence-electron chi connectivity index (χ4n) is 1.56. The van der Waals surface area contributed by atoms with Gasteiger partial charge in [0.15, 0.2) is 6.29 Å². The van der Waals surface area contributed by atoms with E-state index in [0.717, 1.165) is 5.56 Å². The van der Waals surface area contributed by atoms with Crippen LogP contribution in [0.15, 0.2) is 48.5 Å². The van der Waals surface area contributed by atoms with E-state index in [1.807, 2.05) is 19.1 Å². The average molecular weight is 318 g/mol. The number of aromatic hydroxyl groups is 2. The Morgan fingerprint density at radius 3 is 2.36 bits per heavy atom. The van der Waals surface area contributed by atoms with Crippen molar-refractivity contribution < 1.29 is 19.7 Å². The predicted octanol–water partition coefficient (Wildman–Crippen LogP) is 3.47. The number of ether oxygens (including phenoxy) is 1. The Bertz CT molecular complexity index is 596. The Morgan fingerprint density at radius 1 is 1.14 bits per heavy atom. The number of phenolic OH excluding ortho intramolecular Hbond substituents is 2. The van der Waals surface area contributed by atoms with Gasteiger partial charge >= 0.3 is 0 Å². The van der Waals surface area contributed by atoms with Gasteiger partial charge in [0.05, 0.1) is 0 Å². The Balaban J connectivity index is 0.000000220. The Hall–Kier alpha value is -2.40. The molecule has 5 heteroatoms. The average Bonchev–Trinajstić information content (AvgIpc) is 2.53. The molecule has 0 bridgehead atoms. The van der Waals surface area contributed by atoms with E-state index in [2.05, 4.69) is 0 Å². The van der Waals surface area contributed by atoms with Crippen LogP contribution in [0.3, 0.4) is 0 Å². The van der Waals surface area contributed by atoms with Crippen LogP contribution in [0.25, 0.3) is 0 Å². The largest absolute Gasteiger partial charge is 0.508 e. The highest BCUT2D eigenvalue weighted by Gasteiger charge is 1.99. The number of rotatable bonds is 5. The molecule has 0 amide bonds. The normalized spacial score (nSPS) is 10.8. The first-order chi connectivity index (χ1) is 10.6. The molecule has 0 aromatic heterocycles. The van der Waals surface area contributed by atoms with Crippen molar-refractivity contribution in [1.82, 2.24) is 0 Å². The lowest BCUT2D eigenvalue weighted by molar-refractivity contribution is -0.109. The minimum atomic E-state index is 0.0173. The molecule has 0 heterocycles. The number of benzene rings is 2. The van der Waals surface area contributed by atoms with Gasteiger partial charge in [0.1, 0.15) is 23.9 Å². The first-order valence-electron chi connectivity index (χ1n) is 6.66. The lowest BCUT2D eigenvalue weighted by Gasteiger charge is -2.03. The van der Waals surface area contributed by atoms with Crippen LogP contribution in [-0.2, 0) is 4.79 Å². The molecule has 1 atom stereocenters. The Morgan fingerprint density at radius 2 is 1.82 bits per heavy atom. The standard InChI is InChI=1S/C9H10OS.C8H8O3/c1-7(6-11)8-2-4-9(10)5-3-8;9-4-5-11-8-3-1-2-7(10)6-8/h2-7,10H,1H3;1-4,6,10H,5H2. The van der Waals surface area contributed by atoms with Gasteiger partial charge in [0, 0.05) is 12.0 Å². The number of carbonyl (C=O) groups is 1. The molecule has 0 aliphatic heterocycles. The van der Waals surface area contributed by atoms with E-state index in [1.165, 1.54) is 12.1 Å². The van der Waals surface area contributed by atoms with E-state index in [0.29, 0.717) is 17.8 Å². The zero-order valence-electron chi connectivity index (χ0n) is 12.2. The minimum absolute atomic E-state index is 0.0173. The molecule has 0 aliphatic carbocycles. The summed E-state index contributed by atoms with van der Waals surface area (Å²) in [5.74, 6) is 1.21. The molecule has 0 saturated carbocycles. The fraction of sp³-hybridized carbons (Fsp3) is 0.176. The second-order valence-electron chi connectivity index (χ2n) is 4.49. The van der Waals surface area contributed by atoms with Gasteiger partial charge in [0.25, 0.3) is 0 Å². The van der Waals surface area contributed by atoms with Gasteiger partial charge in [-0.1, -0.05) is 37.3 Å². The maximum Gasteiger partial charge on any atom is 0.157 e. The number of hydrogen-bond donors (Lipinski definition) is 2. The zero-order valence-corrected chi connectivity index (χ0v) is 13.0. The van der Waals surface area contributed by atoms with Gasteiger partial charge < -0.3 is 14.9 Å². The van der Waals surface area contributed by atoms with Crippen molar-refractivity contribution in [2.24, 2.45) is 0 Å². The summed E-state index contributed by atoms with van der Waals surface area (Å²) in [5.41, 5.74) is 1.14. The highest BCUT2D eigenvalue weighted by atomic mass is 32.1. The van der Waals surface area contributed by atoms with Gasteiger partial charge in [-0.05, 0) is 35.2 Å². The van der Waals surface area contributed by atoms with Crippen molar-refractivity contribution >= 4 is 23.9 Å². The molecule has 2 rings (SSSR count). The highest BCUT2D eigenvalue weighted by molar-refractivity contribution is 7.79. The predicted molar refractivity (Wildman–Crippen MR) is 89.8 cm³/mol. The van der Waals surface area contributed by atoms with E-state index in [1.54, 1.807) is 29.6 Å². The van der Waals surface area contributed by atoms with E-state index in [4.69, 9.17) is 27.2 Å². The summed E-state index contributed by atoms with van der Waals surface area (Å²) in [6.07, 6.45) is 0.657. The molecule has 1 unspecified atom stereocenters. The van der Waals surface area contributed by atoms with E-state index in [-0.39, 0.29) is 18.3 Å². The molecular formula is C17H18O4S. The van der Waals surface area contributed by atoms with Crippen molar-refractivity contribution in [3.05, 3.63) is 54.1 Å². The summed E-state index contributed by atoms with van der Waals surface area (Å²) in [7, 11) is 0. The second kappa shape index (κ2) is 9.52. The first kappa shape index (κ1) is 17.7. The van der Waals surface area contributed by atoms with Crippen LogP contribution < -0.4 is 4.74 Å². The van der Waals surface area contributed by atoms with Crippen molar-refractivity contribution in [2.75, 3.05) is 6.61 Å². The van der Waals surface area contributed by atoms with Gasteiger partial charge in [-0.25, -0.2) is 0 Å². The minimum Gasteiger partial charge on any atom is -0.508 e. The molecule has 22 heavy (non-hydrogen) atoms. The summed E-state index contributed by atoms with van der Waals surface area (Å²) < 4.78 is 4.91. The molecule has 0 spiro atoms. The first-order valence-corrected chi connectivity index (χ1v) is 7.13. The molecule has 0 saturated heterocycles. The molecule has 2 N–H and O–H groups in total. The lowest BCUT2D eigenvalue weighted by Crippen LogP contribution is -1.96. The van der Waals surface area contributed by atoms with Crippen molar-refractivity contribution in [1.29, 1.82) is 0 Å². The number of phenols is 2. The van der Waals surface area contributed by atoms with E-state index >= 15 is 0 Å². The van der Waals surface area contributed by atoms with Crippen LogP contribution in [-0.4, -0.2) is 28.5 Å². The summed E-state index contributed by atoms with van der Waals surface area (Å²) in [6.45, 7) is 2.04. The van der Waals surface area contributed by atoms with Crippen LogP contribution in [0.4, 0.5) is 0 Å². The molecule has 0 radical (unpaired) electrons. The maximum atomic E-state index is 9.88. The van der Waals surface area contributed by atoms with Crippen LogP contribution in [0.1, 0.15) is 18.4 Å². The Labute approximate surface area is 135 Å². The summed E-state index contributed by atoms with van der Waals surface area (Å²) in [5, 5.41) is 19.6. The lowest BCUT2D eigenvalue weighted by atomic mass is 10.0. The summed E-state index contributed by atoms with van der Waals surface area (Å²) in [6, 6.07) is 13.4. The summed E-state index contributed by atoms with van der Waals surface area (Å²) in [4.78, 5) is 9.88. The molecule has 2 aromatic rings. The summed E-state index contributed by atoms with van der Waals surface area (Å²) >= 11 is 4.80. The van der Waals surface area contributed by atoms with Crippen LogP contribution in [0.2, 0.25) is 0 Å². The van der Waals surface area contributed by atoms with Crippen LogP contribution in [0, 0.1) is 0 Å². The fourth-order valence-corrected chi connectivity index (χ4v) is 1.72. The zero-order chi connectivity index (χ0) is 16.4. The molecule has 0 aliphatic rings. The van der Waals surface area contributed by atoms with Crippen LogP contribution in [0.5, 0.6) is 17.2 Å². The van der Waals surface area contributed by atoms with E-state index < -0.39 is 0 Å².